The average molecular weight is 454 g/mol. The maximum atomic E-state index is 13.2. The molecule has 2 aliphatic heterocycles. The van der Waals surface area contributed by atoms with Crippen molar-refractivity contribution in [2.24, 2.45) is 0 Å². The van der Waals surface area contributed by atoms with Gasteiger partial charge in [0.15, 0.2) is 0 Å². The van der Waals surface area contributed by atoms with E-state index in [1.165, 1.54) is 6.07 Å². The van der Waals surface area contributed by atoms with E-state index in [0.717, 1.165) is 22.7 Å². The number of carbonyl (C=O) groups excluding carboxylic acids is 2. The van der Waals surface area contributed by atoms with Gasteiger partial charge in [0.25, 0.3) is 5.91 Å². The lowest BCUT2D eigenvalue weighted by Gasteiger charge is -2.38. The Balaban J connectivity index is 1.47. The number of hydrogen-bond donors (Lipinski definition) is 1. The minimum Gasteiger partial charge on any atom is -0.508 e. The molecule has 164 valence electrons. The highest BCUT2D eigenvalue weighted by molar-refractivity contribution is 6.31. The van der Waals surface area contributed by atoms with Gasteiger partial charge in [0.05, 0.1) is 28.7 Å². The van der Waals surface area contributed by atoms with Crippen LogP contribution in [0.5, 0.6) is 5.75 Å². The Kier molecular flexibility index (Phi) is 5.57. The van der Waals surface area contributed by atoms with Crippen molar-refractivity contribution in [3.8, 4) is 5.75 Å². The average Bonchev–Trinajstić information content (AvgIpc) is 3.02. The van der Waals surface area contributed by atoms with Crippen molar-refractivity contribution in [3.63, 3.8) is 0 Å². The third-order valence-corrected chi connectivity index (χ3v) is 5.94. The summed E-state index contributed by atoms with van der Waals surface area (Å²) in [4.78, 5) is 30.3. The van der Waals surface area contributed by atoms with Crippen molar-refractivity contribution < 1.29 is 27.9 Å². The lowest BCUT2D eigenvalue weighted by atomic mass is 10.1. The Morgan fingerprint density at radius 2 is 1.55 bits per heavy atom. The first-order valence-corrected chi connectivity index (χ1v) is 10.0. The summed E-state index contributed by atoms with van der Waals surface area (Å²) < 4.78 is 39.5. The van der Waals surface area contributed by atoms with E-state index in [2.05, 4.69) is 4.90 Å². The lowest BCUT2D eigenvalue weighted by Crippen LogP contribution is -2.52. The third kappa shape index (κ3) is 4.20. The number of phenols is 1. The minimum absolute atomic E-state index is 0.0813. The maximum absolute atomic E-state index is 13.2. The number of piperazine rings is 1. The molecule has 0 aromatic heterocycles. The first-order chi connectivity index (χ1) is 14.6. The van der Waals surface area contributed by atoms with Crippen molar-refractivity contribution in [1.82, 2.24) is 4.90 Å². The Hall–Kier alpha value is -2.78. The summed E-state index contributed by atoms with van der Waals surface area (Å²) in [6.07, 6.45) is -4.77. The fraction of sp³-hybridized carbons (Fsp3) is 0.333. The molecule has 0 spiro atoms. The maximum Gasteiger partial charge on any atom is 0.417 e. The number of anilines is 2. The van der Waals surface area contributed by atoms with Gasteiger partial charge in [-0.3, -0.25) is 14.5 Å². The van der Waals surface area contributed by atoms with Crippen LogP contribution in [0, 0.1) is 0 Å². The van der Waals surface area contributed by atoms with Crippen LogP contribution in [0.15, 0.2) is 42.5 Å². The van der Waals surface area contributed by atoms with Crippen molar-refractivity contribution >= 4 is 34.8 Å². The molecule has 4 rings (SSSR count). The van der Waals surface area contributed by atoms with Crippen LogP contribution >= 0.6 is 11.6 Å². The zero-order valence-corrected chi connectivity index (χ0v) is 17.0. The van der Waals surface area contributed by atoms with Gasteiger partial charge in [-0.1, -0.05) is 11.6 Å². The molecule has 10 heteroatoms. The zero-order valence-electron chi connectivity index (χ0n) is 16.3. The number of phenolic OH excluding ortho intramolecular Hbond substituents is 1. The molecule has 0 unspecified atom stereocenters. The summed E-state index contributed by atoms with van der Waals surface area (Å²) in [5.41, 5.74) is -0.274. The number of halogens is 4. The number of alkyl halides is 3. The van der Waals surface area contributed by atoms with Gasteiger partial charge < -0.3 is 10.0 Å². The fourth-order valence-electron chi connectivity index (χ4n) is 4.00. The Morgan fingerprint density at radius 1 is 0.935 bits per heavy atom. The smallest absolute Gasteiger partial charge is 0.417 e. The van der Waals surface area contributed by atoms with Crippen LogP contribution in [0.1, 0.15) is 12.0 Å². The van der Waals surface area contributed by atoms with E-state index in [4.69, 9.17) is 11.6 Å². The second-order valence-electron chi connectivity index (χ2n) is 7.49. The molecule has 1 N–H and O–H groups in total. The molecule has 31 heavy (non-hydrogen) atoms. The molecule has 2 aliphatic rings. The van der Waals surface area contributed by atoms with E-state index < -0.39 is 34.6 Å². The summed E-state index contributed by atoms with van der Waals surface area (Å²) in [6, 6.07) is 9.12. The van der Waals surface area contributed by atoms with Gasteiger partial charge in [-0.2, -0.15) is 13.2 Å². The highest BCUT2D eigenvalue weighted by Gasteiger charge is 2.44. The number of hydrogen-bond acceptors (Lipinski definition) is 5. The first kappa shape index (κ1) is 21.5. The van der Waals surface area contributed by atoms with Crippen LogP contribution in [0.25, 0.3) is 0 Å². The molecule has 2 aromatic carbocycles. The van der Waals surface area contributed by atoms with Crippen molar-refractivity contribution in [2.75, 3.05) is 36.0 Å². The standard InChI is InChI=1S/C21H19ClF3N3O3/c22-17-6-3-14(11-16(17)21(23,24)25)28-19(30)12-18(20(28)31)27-9-7-26(8-10-27)13-1-4-15(29)5-2-13/h1-6,11,18,29H,7-10,12H2/t18-/m1/s1. The first-order valence-electron chi connectivity index (χ1n) is 9.67. The van der Waals surface area contributed by atoms with E-state index in [1.807, 2.05) is 4.90 Å². The number of aromatic hydroxyl groups is 1. The van der Waals surface area contributed by atoms with Crippen LogP contribution in [0.3, 0.4) is 0 Å². The van der Waals surface area contributed by atoms with Crippen molar-refractivity contribution in [2.45, 2.75) is 18.6 Å². The molecular weight excluding hydrogens is 435 g/mol. The molecule has 2 amide bonds. The minimum atomic E-state index is -4.69. The lowest BCUT2D eigenvalue weighted by molar-refractivity contribution is -0.137. The molecule has 0 aliphatic carbocycles. The summed E-state index contributed by atoms with van der Waals surface area (Å²) in [7, 11) is 0. The fourth-order valence-corrected chi connectivity index (χ4v) is 4.22. The number of imide groups is 1. The summed E-state index contributed by atoms with van der Waals surface area (Å²) in [5, 5.41) is 8.93. The van der Waals surface area contributed by atoms with Gasteiger partial charge >= 0.3 is 6.18 Å². The number of carbonyl (C=O) groups is 2. The van der Waals surface area contributed by atoms with Gasteiger partial charge in [0.2, 0.25) is 5.91 Å². The van der Waals surface area contributed by atoms with Crippen LogP contribution in [0.4, 0.5) is 24.5 Å². The van der Waals surface area contributed by atoms with Gasteiger partial charge in [0, 0.05) is 31.9 Å². The molecule has 2 saturated heterocycles. The predicted molar refractivity (Wildman–Crippen MR) is 109 cm³/mol. The topological polar surface area (TPSA) is 64.1 Å². The van der Waals surface area contributed by atoms with E-state index in [1.54, 1.807) is 24.3 Å². The molecule has 0 radical (unpaired) electrons. The molecule has 1 atom stereocenters. The molecule has 2 aromatic rings. The molecular formula is C21H19ClF3N3O3. The van der Waals surface area contributed by atoms with Gasteiger partial charge in [-0.25, -0.2) is 4.90 Å². The van der Waals surface area contributed by atoms with Crippen LogP contribution in [0.2, 0.25) is 5.02 Å². The van der Waals surface area contributed by atoms with Crippen molar-refractivity contribution in [3.05, 3.63) is 53.1 Å². The second kappa shape index (κ2) is 8.05. The second-order valence-corrected chi connectivity index (χ2v) is 7.90. The Labute approximate surface area is 181 Å². The molecule has 2 heterocycles. The Morgan fingerprint density at radius 3 is 2.16 bits per heavy atom. The van der Waals surface area contributed by atoms with E-state index >= 15 is 0 Å². The largest absolute Gasteiger partial charge is 0.508 e. The van der Waals surface area contributed by atoms with E-state index in [0.29, 0.717) is 26.2 Å². The normalized spacial score (nSPS) is 20.6. The van der Waals surface area contributed by atoms with Crippen LogP contribution < -0.4 is 9.80 Å². The third-order valence-electron chi connectivity index (χ3n) is 5.61. The van der Waals surface area contributed by atoms with Crippen molar-refractivity contribution in [1.29, 1.82) is 0 Å². The zero-order chi connectivity index (χ0) is 22.3. The number of amides is 2. The van der Waals surface area contributed by atoms with Crippen LogP contribution in [-0.2, 0) is 15.8 Å². The van der Waals surface area contributed by atoms with Crippen LogP contribution in [-0.4, -0.2) is 54.0 Å². The van der Waals surface area contributed by atoms with E-state index in [-0.39, 0.29) is 17.9 Å². The number of nitrogens with zero attached hydrogens (tertiary/aromatic N) is 3. The highest BCUT2D eigenvalue weighted by Crippen LogP contribution is 2.38. The molecule has 6 nitrogen and oxygen atoms in total. The SMILES string of the molecule is O=C1C[C@@H](N2CCN(c3ccc(O)cc3)CC2)C(=O)N1c1ccc(Cl)c(C(F)(F)F)c1. The predicted octanol–water partition coefficient (Wildman–Crippen LogP) is 3.52. The highest BCUT2D eigenvalue weighted by atomic mass is 35.5. The summed E-state index contributed by atoms with van der Waals surface area (Å²) >= 11 is 5.65. The summed E-state index contributed by atoms with van der Waals surface area (Å²) in [6.45, 7) is 2.27. The molecule has 2 fully saturated rings. The van der Waals surface area contributed by atoms with Gasteiger partial charge in [0.1, 0.15) is 5.75 Å². The summed E-state index contributed by atoms with van der Waals surface area (Å²) in [5.74, 6) is -0.890. The molecule has 0 saturated carbocycles. The van der Waals surface area contributed by atoms with Gasteiger partial charge in [-0.15, -0.1) is 0 Å². The number of benzene rings is 2. The number of rotatable bonds is 3. The quantitative estimate of drug-likeness (QED) is 0.720. The Bertz CT molecular complexity index is 1010. The molecule has 0 bridgehead atoms. The van der Waals surface area contributed by atoms with Gasteiger partial charge in [-0.05, 0) is 42.5 Å². The van der Waals surface area contributed by atoms with E-state index in [9.17, 15) is 27.9 Å². The monoisotopic (exact) mass is 453 g/mol.